The quantitative estimate of drug-likeness (QED) is 0.591. The number of allylic oxidation sites excluding steroid dienone is 2. The third-order valence-electron chi connectivity index (χ3n) is 2.85. The Hall–Kier alpha value is -1.11. The van der Waals surface area contributed by atoms with E-state index in [4.69, 9.17) is 0 Å². The fraction of sp³-hybridized carbons (Fsp3) is 0.385. The highest BCUT2D eigenvalue weighted by Crippen LogP contribution is 2.33. The summed E-state index contributed by atoms with van der Waals surface area (Å²) in [5, 5.41) is 0. The van der Waals surface area contributed by atoms with Crippen molar-refractivity contribution in [3.05, 3.63) is 47.3 Å². The third-order valence-corrected chi connectivity index (χ3v) is 2.85. The van der Waals surface area contributed by atoms with Crippen molar-refractivity contribution < 1.29 is 4.39 Å². The zero-order chi connectivity index (χ0) is 10.1. The van der Waals surface area contributed by atoms with Crippen LogP contribution >= 0.6 is 0 Å². The van der Waals surface area contributed by atoms with Crippen molar-refractivity contribution in [2.45, 2.75) is 26.2 Å². The van der Waals surface area contributed by atoms with Crippen molar-refractivity contribution in [1.82, 2.24) is 0 Å². The second-order valence-electron chi connectivity index (χ2n) is 4.23. The fourth-order valence-electron chi connectivity index (χ4n) is 2.04. The lowest BCUT2D eigenvalue weighted by atomic mass is 9.95. The Balaban J connectivity index is 2.29. The molecule has 0 aromatic heterocycles. The Morgan fingerprint density at radius 3 is 2.64 bits per heavy atom. The van der Waals surface area contributed by atoms with Gasteiger partial charge in [0, 0.05) is 5.92 Å². The van der Waals surface area contributed by atoms with Gasteiger partial charge in [-0.15, -0.1) is 0 Å². The highest BCUT2D eigenvalue weighted by Gasteiger charge is 2.19. The zero-order valence-corrected chi connectivity index (χ0v) is 8.63. The van der Waals surface area contributed by atoms with Gasteiger partial charge in [-0.1, -0.05) is 31.2 Å². The number of hydrogen-bond acceptors (Lipinski definition) is 0. The first-order valence-electron chi connectivity index (χ1n) is 5.11. The first-order chi connectivity index (χ1) is 6.66. The molecule has 14 heavy (non-hydrogen) atoms. The summed E-state index contributed by atoms with van der Waals surface area (Å²) >= 11 is 0. The van der Waals surface area contributed by atoms with Crippen LogP contribution in [-0.4, -0.2) is 0 Å². The van der Waals surface area contributed by atoms with Crippen molar-refractivity contribution in [2.24, 2.45) is 5.92 Å². The van der Waals surface area contributed by atoms with Crippen LogP contribution in [0.3, 0.4) is 0 Å². The summed E-state index contributed by atoms with van der Waals surface area (Å²) < 4.78 is 13.6. The van der Waals surface area contributed by atoms with Crippen LogP contribution in [-0.2, 0) is 0 Å². The van der Waals surface area contributed by atoms with E-state index >= 15 is 0 Å². The molecule has 0 N–H and O–H groups in total. The van der Waals surface area contributed by atoms with Crippen LogP contribution in [0.1, 0.15) is 30.4 Å². The molecular formula is C13H15F. The lowest BCUT2D eigenvalue weighted by molar-refractivity contribution is 0.576. The molecule has 2 rings (SSSR count). The molecule has 2 atom stereocenters. The van der Waals surface area contributed by atoms with E-state index in [-0.39, 0.29) is 11.7 Å². The summed E-state index contributed by atoms with van der Waals surface area (Å²) in [6, 6.07) is 5.51. The second-order valence-corrected chi connectivity index (χ2v) is 4.23. The van der Waals surface area contributed by atoms with E-state index in [2.05, 4.69) is 19.1 Å². The maximum Gasteiger partial charge on any atom is 0.127 e. The molecule has 0 bridgehead atoms. The van der Waals surface area contributed by atoms with E-state index in [1.165, 1.54) is 0 Å². The van der Waals surface area contributed by atoms with Crippen LogP contribution in [0.25, 0.3) is 0 Å². The van der Waals surface area contributed by atoms with E-state index in [0.29, 0.717) is 5.92 Å². The Morgan fingerprint density at radius 1 is 1.29 bits per heavy atom. The Morgan fingerprint density at radius 2 is 2.07 bits per heavy atom. The van der Waals surface area contributed by atoms with Gasteiger partial charge < -0.3 is 0 Å². The number of benzene rings is 1. The number of aryl methyl sites for hydroxylation is 1. The summed E-state index contributed by atoms with van der Waals surface area (Å²) in [5.41, 5.74) is 1.83. The van der Waals surface area contributed by atoms with Crippen molar-refractivity contribution in [3.63, 3.8) is 0 Å². The third kappa shape index (κ3) is 1.72. The van der Waals surface area contributed by atoms with E-state index in [1.54, 1.807) is 6.07 Å². The van der Waals surface area contributed by atoms with E-state index in [0.717, 1.165) is 17.5 Å². The van der Waals surface area contributed by atoms with Gasteiger partial charge in [0.25, 0.3) is 0 Å². The molecule has 1 aromatic carbocycles. The van der Waals surface area contributed by atoms with Crippen LogP contribution in [0.5, 0.6) is 0 Å². The molecule has 1 unspecified atom stereocenters. The smallest absolute Gasteiger partial charge is 0.127 e. The van der Waals surface area contributed by atoms with Gasteiger partial charge in [0.15, 0.2) is 0 Å². The summed E-state index contributed by atoms with van der Waals surface area (Å²) in [4.78, 5) is 0. The molecule has 1 aliphatic carbocycles. The zero-order valence-electron chi connectivity index (χ0n) is 8.63. The molecule has 0 nitrogen and oxygen atoms in total. The van der Waals surface area contributed by atoms with Gasteiger partial charge in [-0.05, 0) is 36.5 Å². The van der Waals surface area contributed by atoms with Crippen molar-refractivity contribution in [3.8, 4) is 0 Å². The summed E-state index contributed by atoms with van der Waals surface area (Å²) in [5.74, 6) is 0.806. The van der Waals surface area contributed by atoms with Crippen molar-refractivity contribution >= 4 is 0 Å². The minimum absolute atomic E-state index is 0.0613. The summed E-state index contributed by atoms with van der Waals surface area (Å²) in [7, 11) is 0. The Labute approximate surface area is 84.5 Å². The number of hydrogen-bond donors (Lipinski definition) is 0. The molecule has 1 heteroatoms. The molecule has 1 aliphatic rings. The molecule has 0 amide bonds. The molecule has 0 saturated carbocycles. The van der Waals surface area contributed by atoms with Crippen LogP contribution in [0.15, 0.2) is 30.4 Å². The maximum absolute atomic E-state index is 13.6. The largest absolute Gasteiger partial charge is 0.207 e. The number of rotatable bonds is 1. The van der Waals surface area contributed by atoms with Gasteiger partial charge in [-0.2, -0.15) is 0 Å². The molecule has 0 aliphatic heterocycles. The average molecular weight is 190 g/mol. The average Bonchev–Trinajstić information content (AvgIpc) is 2.51. The second kappa shape index (κ2) is 3.56. The summed E-state index contributed by atoms with van der Waals surface area (Å²) in [6.45, 7) is 4.09. The molecule has 0 saturated heterocycles. The van der Waals surface area contributed by atoms with Gasteiger partial charge in [0.1, 0.15) is 5.82 Å². The predicted octanol–water partition coefficient (Wildman–Crippen LogP) is 3.81. The fourth-order valence-corrected chi connectivity index (χ4v) is 2.04. The van der Waals surface area contributed by atoms with E-state index in [9.17, 15) is 4.39 Å². The predicted molar refractivity (Wildman–Crippen MR) is 56.8 cm³/mol. The lowest BCUT2D eigenvalue weighted by Gasteiger charge is -2.11. The summed E-state index contributed by atoms with van der Waals surface area (Å²) in [6.07, 6.45) is 5.34. The van der Waals surface area contributed by atoms with Gasteiger partial charge in [-0.25, -0.2) is 4.39 Å². The lowest BCUT2D eigenvalue weighted by Crippen LogP contribution is -1.98. The Bertz CT molecular complexity index is 365. The van der Waals surface area contributed by atoms with Gasteiger partial charge in [-0.3, -0.25) is 0 Å². The van der Waals surface area contributed by atoms with Crippen LogP contribution in [0, 0.1) is 18.7 Å². The van der Waals surface area contributed by atoms with Crippen molar-refractivity contribution in [1.29, 1.82) is 0 Å². The minimum atomic E-state index is -0.0613. The minimum Gasteiger partial charge on any atom is -0.207 e. The first kappa shape index (κ1) is 9.45. The van der Waals surface area contributed by atoms with Crippen LogP contribution in [0.2, 0.25) is 0 Å². The van der Waals surface area contributed by atoms with Crippen LogP contribution < -0.4 is 0 Å². The topological polar surface area (TPSA) is 0 Å². The normalized spacial score (nSPS) is 25.6. The van der Waals surface area contributed by atoms with Crippen LogP contribution in [0.4, 0.5) is 4.39 Å². The molecule has 0 fully saturated rings. The van der Waals surface area contributed by atoms with Gasteiger partial charge in [0.2, 0.25) is 0 Å². The van der Waals surface area contributed by atoms with Gasteiger partial charge >= 0.3 is 0 Å². The number of halogens is 1. The maximum atomic E-state index is 13.6. The monoisotopic (exact) mass is 190 g/mol. The Kier molecular flexibility index (Phi) is 2.40. The van der Waals surface area contributed by atoms with E-state index < -0.39 is 0 Å². The molecule has 1 aromatic rings. The standard InChI is InChI=1S/C13H15F/c1-9-3-5-11(7-9)12-6-4-10(2)8-13(12)14/h3-6,8-9,11H,7H2,1-2H3/t9-,11?/m1/s1. The van der Waals surface area contributed by atoms with E-state index in [1.807, 2.05) is 19.1 Å². The molecule has 74 valence electrons. The molecular weight excluding hydrogens is 175 g/mol. The SMILES string of the molecule is Cc1ccc(C2C=C[C@@H](C)C2)c(F)c1. The highest BCUT2D eigenvalue weighted by atomic mass is 19.1. The first-order valence-corrected chi connectivity index (χ1v) is 5.11. The van der Waals surface area contributed by atoms with Crippen molar-refractivity contribution in [2.75, 3.05) is 0 Å². The molecule has 0 spiro atoms. The molecule has 0 radical (unpaired) electrons. The molecule has 0 heterocycles. The van der Waals surface area contributed by atoms with Gasteiger partial charge in [0.05, 0.1) is 0 Å². The highest BCUT2D eigenvalue weighted by molar-refractivity contribution is 5.31.